The summed E-state index contributed by atoms with van der Waals surface area (Å²) in [6.45, 7) is 0. The molecule has 5 aromatic carbocycles. The fraction of sp³-hybridized carbons (Fsp3) is 0. The van der Waals surface area contributed by atoms with Crippen LogP contribution in [0.1, 0.15) is 0 Å². The van der Waals surface area contributed by atoms with Crippen molar-refractivity contribution in [2.45, 2.75) is 0 Å². The van der Waals surface area contributed by atoms with Gasteiger partial charge in [-0.15, -0.1) is 0 Å². The predicted octanol–water partition coefficient (Wildman–Crippen LogP) is 10.1. The minimum Gasteiger partial charge on any atom is -0.455 e. The van der Waals surface area contributed by atoms with Gasteiger partial charge in [0.05, 0.1) is 33.5 Å². The van der Waals surface area contributed by atoms with Crippen molar-refractivity contribution in [3.8, 4) is 45.3 Å². The highest BCUT2D eigenvalue weighted by Gasteiger charge is 2.19. The molecular formula is C42H24N6O. The van der Waals surface area contributed by atoms with Crippen molar-refractivity contribution in [1.82, 2.24) is 29.9 Å². The first kappa shape index (κ1) is 27.3. The molecule has 0 atom stereocenters. The van der Waals surface area contributed by atoms with E-state index in [0.717, 1.165) is 88.5 Å². The van der Waals surface area contributed by atoms with E-state index < -0.39 is 0 Å². The Hall–Kier alpha value is -6.86. The third kappa shape index (κ3) is 4.52. The van der Waals surface area contributed by atoms with Gasteiger partial charge in [-0.25, -0.2) is 29.9 Å². The Bertz CT molecular complexity index is 2900. The first-order chi connectivity index (χ1) is 24.3. The number of rotatable bonds is 4. The molecule has 10 rings (SSSR count). The van der Waals surface area contributed by atoms with Crippen LogP contribution in [0.2, 0.25) is 0 Å². The molecule has 0 spiro atoms. The summed E-state index contributed by atoms with van der Waals surface area (Å²) >= 11 is 0. The number of nitrogens with zero attached hydrogens (tertiary/aromatic N) is 6. The summed E-state index contributed by atoms with van der Waals surface area (Å²) in [4.78, 5) is 29.4. The molecule has 10 aromatic rings. The number of pyridine rings is 2. The van der Waals surface area contributed by atoms with Crippen molar-refractivity contribution >= 4 is 54.8 Å². The van der Waals surface area contributed by atoms with Gasteiger partial charge in [-0.1, -0.05) is 84.9 Å². The lowest BCUT2D eigenvalue weighted by Crippen LogP contribution is -1.96. The van der Waals surface area contributed by atoms with Crippen molar-refractivity contribution in [1.29, 1.82) is 0 Å². The molecule has 7 nitrogen and oxygen atoms in total. The number of furan rings is 1. The molecule has 228 valence electrons. The Labute approximate surface area is 279 Å². The molecule has 49 heavy (non-hydrogen) atoms. The van der Waals surface area contributed by atoms with Gasteiger partial charge in [0.15, 0.2) is 5.82 Å². The first-order valence-corrected chi connectivity index (χ1v) is 16.0. The zero-order valence-corrected chi connectivity index (χ0v) is 25.9. The van der Waals surface area contributed by atoms with E-state index in [9.17, 15) is 0 Å². The maximum atomic E-state index is 6.46. The lowest BCUT2D eigenvalue weighted by molar-refractivity contribution is 0.670. The van der Waals surface area contributed by atoms with Crippen LogP contribution in [0.15, 0.2) is 150 Å². The lowest BCUT2D eigenvalue weighted by Gasteiger charge is -2.12. The average molecular weight is 629 g/mol. The van der Waals surface area contributed by atoms with Crippen LogP contribution in [0.5, 0.6) is 0 Å². The van der Waals surface area contributed by atoms with E-state index in [0.29, 0.717) is 11.5 Å². The van der Waals surface area contributed by atoms with Gasteiger partial charge in [-0.2, -0.15) is 0 Å². The summed E-state index contributed by atoms with van der Waals surface area (Å²) in [5.41, 5.74) is 10.8. The molecule has 5 aromatic heterocycles. The van der Waals surface area contributed by atoms with E-state index in [4.69, 9.17) is 24.4 Å². The van der Waals surface area contributed by atoms with Gasteiger partial charge in [-0.3, -0.25) is 0 Å². The normalized spacial score (nSPS) is 11.7. The molecule has 0 aliphatic heterocycles. The first-order valence-electron chi connectivity index (χ1n) is 16.0. The molecule has 0 saturated carbocycles. The van der Waals surface area contributed by atoms with Crippen LogP contribution in [0.4, 0.5) is 0 Å². The van der Waals surface area contributed by atoms with Crippen LogP contribution >= 0.6 is 0 Å². The summed E-state index contributed by atoms with van der Waals surface area (Å²) in [7, 11) is 0. The second-order valence-corrected chi connectivity index (χ2v) is 11.9. The molecule has 0 unspecified atom stereocenters. The number of aromatic nitrogens is 6. The topological polar surface area (TPSA) is 90.5 Å². The molecule has 0 amide bonds. The Morgan fingerprint density at radius 3 is 1.90 bits per heavy atom. The zero-order valence-electron chi connectivity index (χ0n) is 25.9. The minimum absolute atomic E-state index is 0.580. The van der Waals surface area contributed by atoms with Crippen molar-refractivity contribution < 1.29 is 4.42 Å². The van der Waals surface area contributed by atoms with E-state index >= 15 is 0 Å². The standard InChI is InChI=1S/C42H24N6O/c1-4-15-36-29(10-1)30-11-6-12-31(41(30)49-36)40-39(46-33-13-2-3-14-34(33)47-40)28-9-5-8-27(24-28)32-20-18-25-16-17-26-19-21-35(42-43-22-7-23-44-42)48-38(26)37(25)45-32/h1-24H. The molecule has 0 bridgehead atoms. The zero-order chi connectivity index (χ0) is 32.3. The second-order valence-electron chi connectivity index (χ2n) is 11.9. The van der Waals surface area contributed by atoms with Crippen molar-refractivity contribution in [3.63, 3.8) is 0 Å². The van der Waals surface area contributed by atoms with Gasteiger partial charge in [0.1, 0.15) is 22.6 Å². The molecule has 0 aliphatic rings. The van der Waals surface area contributed by atoms with Crippen LogP contribution < -0.4 is 0 Å². The Morgan fingerprint density at radius 1 is 0.449 bits per heavy atom. The van der Waals surface area contributed by atoms with Crippen LogP contribution in [0.3, 0.4) is 0 Å². The van der Waals surface area contributed by atoms with Crippen molar-refractivity contribution in [2.75, 3.05) is 0 Å². The van der Waals surface area contributed by atoms with Crippen LogP contribution in [0.25, 0.3) is 100 Å². The Morgan fingerprint density at radius 2 is 1.08 bits per heavy atom. The fourth-order valence-electron chi connectivity index (χ4n) is 6.63. The van der Waals surface area contributed by atoms with E-state index in [1.165, 1.54) is 0 Å². The average Bonchev–Trinajstić information content (AvgIpc) is 3.56. The molecular weight excluding hydrogens is 605 g/mol. The highest BCUT2D eigenvalue weighted by molar-refractivity contribution is 6.10. The van der Waals surface area contributed by atoms with Gasteiger partial charge in [0.25, 0.3) is 0 Å². The SMILES string of the molecule is c1cnc(-c2ccc3ccc4ccc(-c5cccc(-c6nc7ccccc7nc6-c6cccc7c6oc6ccccc67)c5)nc4c3n2)nc1. The highest BCUT2D eigenvalue weighted by atomic mass is 16.3. The smallest absolute Gasteiger partial charge is 0.178 e. The van der Waals surface area contributed by atoms with Crippen molar-refractivity contribution in [2.24, 2.45) is 0 Å². The highest BCUT2D eigenvalue weighted by Crippen LogP contribution is 2.39. The van der Waals surface area contributed by atoms with E-state index in [-0.39, 0.29) is 0 Å². The van der Waals surface area contributed by atoms with Gasteiger partial charge in [0.2, 0.25) is 0 Å². The largest absolute Gasteiger partial charge is 0.455 e. The summed E-state index contributed by atoms with van der Waals surface area (Å²) in [5.74, 6) is 0.580. The summed E-state index contributed by atoms with van der Waals surface area (Å²) in [5, 5.41) is 4.13. The van der Waals surface area contributed by atoms with E-state index in [2.05, 4.69) is 76.7 Å². The monoisotopic (exact) mass is 628 g/mol. The second kappa shape index (κ2) is 10.9. The van der Waals surface area contributed by atoms with Crippen LogP contribution in [-0.2, 0) is 0 Å². The van der Waals surface area contributed by atoms with Crippen molar-refractivity contribution in [3.05, 3.63) is 146 Å². The summed E-state index contributed by atoms with van der Waals surface area (Å²) in [6, 6.07) is 44.8. The quantitative estimate of drug-likeness (QED) is 0.179. The maximum Gasteiger partial charge on any atom is 0.178 e. The number of benzene rings is 5. The van der Waals surface area contributed by atoms with Crippen LogP contribution in [0, 0.1) is 0 Å². The van der Waals surface area contributed by atoms with E-state index in [1.807, 2.05) is 60.7 Å². The van der Waals surface area contributed by atoms with E-state index in [1.54, 1.807) is 18.5 Å². The third-order valence-electron chi connectivity index (χ3n) is 8.98. The number of fused-ring (bicyclic) bond motifs is 7. The lowest BCUT2D eigenvalue weighted by atomic mass is 9.99. The molecule has 0 saturated heterocycles. The Balaban J connectivity index is 1.15. The van der Waals surface area contributed by atoms with Crippen LogP contribution in [-0.4, -0.2) is 29.9 Å². The molecule has 0 radical (unpaired) electrons. The van der Waals surface area contributed by atoms with Gasteiger partial charge in [0, 0.05) is 50.6 Å². The van der Waals surface area contributed by atoms with Gasteiger partial charge in [-0.05, 0) is 48.5 Å². The summed E-state index contributed by atoms with van der Waals surface area (Å²) in [6.07, 6.45) is 3.45. The van der Waals surface area contributed by atoms with Gasteiger partial charge >= 0.3 is 0 Å². The molecule has 7 heteroatoms. The summed E-state index contributed by atoms with van der Waals surface area (Å²) < 4.78 is 6.46. The molecule has 0 aliphatic carbocycles. The Kier molecular flexibility index (Phi) is 6.04. The fourth-order valence-corrected chi connectivity index (χ4v) is 6.63. The maximum absolute atomic E-state index is 6.46. The number of hydrogen-bond acceptors (Lipinski definition) is 7. The molecule has 0 fully saturated rings. The third-order valence-corrected chi connectivity index (χ3v) is 8.98. The number of para-hydroxylation sites is 4. The minimum atomic E-state index is 0.580. The number of hydrogen-bond donors (Lipinski definition) is 0. The molecule has 5 heterocycles. The predicted molar refractivity (Wildman–Crippen MR) is 195 cm³/mol. The van der Waals surface area contributed by atoms with Gasteiger partial charge < -0.3 is 4.42 Å². The molecule has 0 N–H and O–H groups in total.